The first kappa shape index (κ1) is 19.7. The van der Waals surface area contributed by atoms with Gasteiger partial charge in [-0.25, -0.2) is 0 Å². The lowest BCUT2D eigenvalue weighted by Gasteiger charge is -2.31. The minimum absolute atomic E-state index is 0.168. The largest absolute Gasteiger partial charge is 0.382 e. The number of nitrogens with zero attached hydrogens (tertiary/aromatic N) is 1. The monoisotopic (exact) mass is 344 g/mol. The molecule has 0 radical (unpaired) electrons. The summed E-state index contributed by atoms with van der Waals surface area (Å²) in [5, 5.41) is 3.05. The third kappa shape index (κ3) is 7.41. The van der Waals surface area contributed by atoms with E-state index in [0.717, 1.165) is 58.7 Å². The molecule has 0 bridgehead atoms. The Kier molecular flexibility index (Phi) is 8.70. The molecule has 1 saturated heterocycles. The predicted octanol–water partition coefficient (Wildman–Crippen LogP) is 3.34. The summed E-state index contributed by atoms with van der Waals surface area (Å²) in [7, 11) is 0. The Bertz CT molecular complexity index is 534. The Morgan fingerprint density at radius 2 is 2.00 bits per heavy atom. The van der Waals surface area contributed by atoms with Gasteiger partial charge in [-0.3, -0.25) is 9.69 Å². The maximum atomic E-state index is 12.2. The van der Waals surface area contributed by atoms with Crippen molar-refractivity contribution in [3.8, 4) is 0 Å². The van der Waals surface area contributed by atoms with Gasteiger partial charge in [0.15, 0.2) is 0 Å². The molecule has 1 aromatic carbocycles. The van der Waals surface area contributed by atoms with Crippen LogP contribution in [0.15, 0.2) is 35.9 Å². The third-order valence-electron chi connectivity index (χ3n) is 4.61. The van der Waals surface area contributed by atoms with Crippen LogP contribution in [0.4, 0.5) is 0 Å². The first-order valence-corrected chi connectivity index (χ1v) is 9.49. The van der Waals surface area contributed by atoms with Crippen LogP contribution >= 0.6 is 0 Å². The molecular formula is C21H32N2O2. The Morgan fingerprint density at radius 1 is 1.28 bits per heavy atom. The maximum absolute atomic E-state index is 12.2. The van der Waals surface area contributed by atoms with Crippen molar-refractivity contribution in [1.82, 2.24) is 10.2 Å². The van der Waals surface area contributed by atoms with E-state index in [1.165, 1.54) is 11.1 Å². The highest BCUT2D eigenvalue weighted by molar-refractivity contribution is 5.78. The number of piperidine rings is 1. The molecule has 0 atom stereocenters. The van der Waals surface area contributed by atoms with Crippen molar-refractivity contribution in [2.45, 2.75) is 33.1 Å². The molecule has 138 valence electrons. The van der Waals surface area contributed by atoms with Gasteiger partial charge in [0, 0.05) is 32.2 Å². The molecule has 4 nitrogen and oxygen atoms in total. The van der Waals surface area contributed by atoms with Gasteiger partial charge in [0.1, 0.15) is 0 Å². The van der Waals surface area contributed by atoms with Crippen LogP contribution in [0.25, 0.3) is 6.08 Å². The van der Waals surface area contributed by atoms with Gasteiger partial charge in [-0.15, -0.1) is 0 Å². The lowest BCUT2D eigenvalue weighted by atomic mass is 9.95. The van der Waals surface area contributed by atoms with Crippen LogP contribution < -0.4 is 5.32 Å². The van der Waals surface area contributed by atoms with Gasteiger partial charge in [0.2, 0.25) is 5.91 Å². The van der Waals surface area contributed by atoms with Gasteiger partial charge in [0.25, 0.3) is 0 Å². The standard InChI is InChI=1S/C21H32N2O2/c1-3-25-15-7-12-22-21(24)20-10-13-23(14-11-20)17-18(2)16-19-8-5-4-6-9-19/h4-6,8-9,16,20H,3,7,10-15,17H2,1-2H3,(H,22,24)/b18-16+. The van der Waals surface area contributed by atoms with E-state index in [0.29, 0.717) is 0 Å². The number of carbonyl (C=O) groups is 1. The quantitative estimate of drug-likeness (QED) is 0.699. The molecule has 1 heterocycles. The molecule has 1 fully saturated rings. The first-order chi connectivity index (χ1) is 12.2. The zero-order chi connectivity index (χ0) is 17.9. The smallest absolute Gasteiger partial charge is 0.223 e. The minimum atomic E-state index is 0.168. The van der Waals surface area contributed by atoms with E-state index in [1.54, 1.807) is 0 Å². The Morgan fingerprint density at radius 3 is 2.68 bits per heavy atom. The Balaban J connectivity index is 1.67. The third-order valence-corrected chi connectivity index (χ3v) is 4.61. The summed E-state index contributed by atoms with van der Waals surface area (Å²) in [6.45, 7) is 9.34. The van der Waals surface area contributed by atoms with E-state index >= 15 is 0 Å². The summed E-state index contributed by atoms with van der Waals surface area (Å²) in [6.07, 6.45) is 5.05. The van der Waals surface area contributed by atoms with Crippen molar-refractivity contribution in [3.05, 3.63) is 41.5 Å². The number of likely N-dealkylation sites (tertiary alicyclic amines) is 1. The number of hydrogen-bond donors (Lipinski definition) is 1. The lowest BCUT2D eigenvalue weighted by molar-refractivity contribution is -0.126. The summed E-state index contributed by atoms with van der Waals surface area (Å²) in [5.41, 5.74) is 2.62. The van der Waals surface area contributed by atoms with E-state index in [9.17, 15) is 4.79 Å². The molecule has 1 amide bonds. The van der Waals surface area contributed by atoms with Gasteiger partial charge in [-0.1, -0.05) is 42.0 Å². The van der Waals surface area contributed by atoms with Crippen LogP contribution in [0.1, 0.15) is 38.7 Å². The minimum Gasteiger partial charge on any atom is -0.382 e. The SMILES string of the molecule is CCOCCCNC(=O)C1CCN(C/C(C)=C/c2ccccc2)CC1. The highest BCUT2D eigenvalue weighted by Gasteiger charge is 2.24. The van der Waals surface area contributed by atoms with E-state index in [1.807, 2.05) is 13.0 Å². The molecule has 4 heteroatoms. The average molecular weight is 344 g/mol. The number of carbonyl (C=O) groups excluding carboxylic acids is 1. The molecule has 0 spiro atoms. The Hall–Kier alpha value is -1.65. The van der Waals surface area contributed by atoms with Crippen LogP contribution in [0.5, 0.6) is 0 Å². The van der Waals surface area contributed by atoms with E-state index in [2.05, 4.69) is 47.5 Å². The van der Waals surface area contributed by atoms with Crippen molar-refractivity contribution in [1.29, 1.82) is 0 Å². The van der Waals surface area contributed by atoms with Crippen LogP contribution in [0.2, 0.25) is 0 Å². The Labute approximate surface area is 152 Å². The van der Waals surface area contributed by atoms with Crippen molar-refractivity contribution in [2.75, 3.05) is 39.4 Å². The number of amides is 1. The van der Waals surface area contributed by atoms with Crippen LogP contribution in [-0.4, -0.2) is 50.2 Å². The summed E-state index contributed by atoms with van der Waals surface area (Å²) in [4.78, 5) is 14.7. The van der Waals surface area contributed by atoms with Crippen molar-refractivity contribution >= 4 is 12.0 Å². The second kappa shape index (κ2) is 11.1. The predicted molar refractivity (Wildman–Crippen MR) is 103 cm³/mol. The van der Waals surface area contributed by atoms with Crippen LogP contribution in [0, 0.1) is 5.92 Å². The molecule has 1 N–H and O–H groups in total. The second-order valence-corrected chi connectivity index (χ2v) is 6.79. The summed E-state index contributed by atoms with van der Waals surface area (Å²) in [6, 6.07) is 10.4. The molecular weight excluding hydrogens is 312 g/mol. The van der Waals surface area contributed by atoms with Gasteiger partial charge >= 0.3 is 0 Å². The molecule has 0 aromatic heterocycles. The maximum Gasteiger partial charge on any atom is 0.223 e. The van der Waals surface area contributed by atoms with Crippen molar-refractivity contribution in [2.24, 2.45) is 5.92 Å². The fourth-order valence-electron chi connectivity index (χ4n) is 3.26. The molecule has 0 aliphatic carbocycles. The summed E-state index contributed by atoms with van der Waals surface area (Å²) >= 11 is 0. The number of nitrogens with one attached hydrogen (secondary N) is 1. The zero-order valence-electron chi connectivity index (χ0n) is 15.7. The van der Waals surface area contributed by atoms with Crippen LogP contribution in [0.3, 0.4) is 0 Å². The summed E-state index contributed by atoms with van der Waals surface area (Å²) < 4.78 is 5.29. The molecule has 25 heavy (non-hydrogen) atoms. The second-order valence-electron chi connectivity index (χ2n) is 6.79. The molecule has 1 aliphatic rings. The van der Waals surface area contributed by atoms with Gasteiger partial charge in [-0.2, -0.15) is 0 Å². The molecule has 0 unspecified atom stereocenters. The average Bonchev–Trinajstić information content (AvgIpc) is 2.63. The normalized spacial score (nSPS) is 16.8. The highest BCUT2D eigenvalue weighted by atomic mass is 16.5. The van der Waals surface area contributed by atoms with E-state index in [4.69, 9.17) is 4.74 Å². The van der Waals surface area contributed by atoms with Gasteiger partial charge < -0.3 is 10.1 Å². The number of ether oxygens (including phenoxy) is 1. The van der Waals surface area contributed by atoms with E-state index in [-0.39, 0.29) is 11.8 Å². The summed E-state index contributed by atoms with van der Waals surface area (Å²) in [5.74, 6) is 0.384. The molecule has 0 saturated carbocycles. The highest BCUT2D eigenvalue weighted by Crippen LogP contribution is 2.19. The van der Waals surface area contributed by atoms with Crippen LogP contribution in [-0.2, 0) is 9.53 Å². The lowest BCUT2D eigenvalue weighted by Crippen LogP contribution is -2.41. The van der Waals surface area contributed by atoms with Gasteiger partial charge in [-0.05, 0) is 51.8 Å². The number of benzene rings is 1. The number of rotatable bonds is 9. The van der Waals surface area contributed by atoms with Crippen molar-refractivity contribution in [3.63, 3.8) is 0 Å². The molecule has 2 rings (SSSR count). The van der Waals surface area contributed by atoms with Crippen molar-refractivity contribution < 1.29 is 9.53 Å². The first-order valence-electron chi connectivity index (χ1n) is 9.49. The molecule has 1 aliphatic heterocycles. The fourth-order valence-corrected chi connectivity index (χ4v) is 3.26. The topological polar surface area (TPSA) is 41.6 Å². The zero-order valence-corrected chi connectivity index (χ0v) is 15.7. The fraction of sp³-hybridized carbons (Fsp3) is 0.571. The van der Waals surface area contributed by atoms with E-state index < -0.39 is 0 Å². The number of hydrogen-bond acceptors (Lipinski definition) is 3. The molecule has 1 aromatic rings. The van der Waals surface area contributed by atoms with Gasteiger partial charge in [0.05, 0.1) is 0 Å².